The third kappa shape index (κ3) is 3.16. The molecule has 1 atom stereocenters. The monoisotopic (exact) mass is 309 g/mol. The van der Waals surface area contributed by atoms with Crippen LogP contribution in [-0.2, 0) is 19.8 Å². The quantitative estimate of drug-likeness (QED) is 0.866. The first-order chi connectivity index (χ1) is 10.4. The summed E-state index contributed by atoms with van der Waals surface area (Å²) in [6.45, 7) is 2.39. The molecule has 2 heterocycles. The number of rotatable bonds is 3. The Kier molecular flexibility index (Phi) is 3.95. The number of hydrogen-bond donors (Lipinski definition) is 0. The highest BCUT2D eigenvalue weighted by molar-refractivity contribution is 5.29. The summed E-state index contributed by atoms with van der Waals surface area (Å²) < 4.78 is 40.4. The molecule has 1 fully saturated rings. The van der Waals surface area contributed by atoms with Gasteiger partial charge in [-0.1, -0.05) is 18.2 Å². The fourth-order valence-electron chi connectivity index (χ4n) is 2.97. The first-order valence-electron chi connectivity index (χ1n) is 7.29. The summed E-state index contributed by atoms with van der Waals surface area (Å²) in [5.74, 6) is 1.13. The first kappa shape index (κ1) is 15.1. The van der Waals surface area contributed by atoms with E-state index in [0.717, 1.165) is 43.5 Å². The molecule has 3 rings (SSSR count). The van der Waals surface area contributed by atoms with Crippen molar-refractivity contribution in [1.29, 1.82) is 0 Å². The predicted molar refractivity (Wildman–Crippen MR) is 77.3 cm³/mol. The Labute approximate surface area is 127 Å². The van der Waals surface area contributed by atoms with Gasteiger partial charge in [0, 0.05) is 26.0 Å². The van der Waals surface area contributed by atoms with Crippen LogP contribution in [0.1, 0.15) is 29.3 Å². The molecule has 0 unspecified atom stereocenters. The molecular formula is C16H18F3N3. The minimum absolute atomic E-state index is 0.155. The fraction of sp³-hybridized carbons (Fsp3) is 0.438. The van der Waals surface area contributed by atoms with Crippen molar-refractivity contribution in [2.75, 3.05) is 13.1 Å². The second kappa shape index (κ2) is 5.76. The molecule has 0 radical (unpaired) electrons. The van der Waals surface area contributed by atoms with Crippen molar-refractivity contribution >= 4 is 0 Å². The van der Waals surface area contributed by atoms with Gasteiger partial charge in [-0.15, -0.1) is 0 Å². The summed E-state index contributed by atoms with van der Waals surface area (Å²) in [4.78, 5) is 6.54. The molecule has 1 aliphatic heterocycles. The number of benzene rings is 1. The molecule has 6 heteroatoms. The molecule has 0 spiro atoms. The number of likely N-dealkylation sites (tertiary alicyclic amines) is 1. The van der Waals surface area contributed by atoms with E-state index in [0.29, 0.717) is 0 Å². The molecule has 1 aromatic heterocycles. The molecule has 1 aromatic carbocycles. The van der Waals surface area contributed by atoms with Crippen LogP contribution in [0.25, 0.3) is 0 Å². The van der Waals surface area contributed by atoms with Crippen LogP contribution in [0, 0.1) is 0 Å². The van der Waals surface area contributed by atoms with E-state index < -0.39 is 11.7 Å². The van der Waals surface area contributed by atoms with Gasteiger partial charge in [0.25, 0.3) is 0 Å². The SMILES string of the molecule is Cn1ccnc1CN1CC[C@@H](c2cccc(C(F)(F)F)c2)C1. The smallest absolute Gasteiger partial charge is 0.337 e. The topological polar surface area (TPSA) is 21.1 Å². The van der Waals surface area contributed by atoms with Gasteiger partial charge in [-0.05, 0) is 30.5 Å². The van der Waals surface area contributed by atoms with E-state index in [9.17, 15) is 13.2 Å². The summed E-state index contributed by atoms with van der Waals surface area (Å²) >= 11 is 0. The second-order valence-electron chi connectivity index (χ2n) is 5.80. The molecule has 1 saturated heterocycles. The highest BCUT2D eigenvalue weighted by Crippen LogP contribution is 2.33. The third-order valence-electron chi connectivity index (χ3n) is 4.24. The lowest BCUT2D eigenvalue weighted by atomic mass is 9.96. The molecule has 2 aromatic rings. The Balaban J connectivity index is 1.69. The standard InChI is InChI=1S/C16H18F3N3/c1-21-8-6-20-15(21)11-22-7-5-13(10-22)12-3-2-4-14(9-12)16(17,18)19/h2-4,6,8-9,13H,5,7,10-11H2,1H3/t13-/m1/s1. The first-order valence-corrected chi connectivity index (χ1v) is 7.29. The molecule has 22 heavy (non-hydrogen) atoms. The lowest BCUT2D eigenvalue weighted by Gasteiger charge is -2.16. The maximum atomic E-state index is 12.8. The highest BCUT2D eigenvalue weighted by Gasteiger charge is 2.32. The van der Waals surface area contributed by atoms with Crippen LogP contribution in [-0.4, -0.2) is 27.5 Å². The predicted octanol–water partition coefficient (Wildman–Crippen LogP) is 3.43. The molecule has 0 amide bonds. The number of hydrogen-bond acceptors (Lipinski definition) is 2. The number of aromatic nitrogens is 2. The van der Waals surface area contributed by atoms with Crippen LogP contribution in [0.4, 0.5) is 13.2 Å². The van der Waals surface area contributed by atoms with Crippen LogP contribution < -0.4 is 0 Å². The van der Waals surface area contributed by atoms with Gasteiger partial charge >= 0.3 is 6.18 Å². The van der Waals surface area contributed by atoms with E-state index in [4.69, 9.17) is 0 Å². The molecular weight excluding hydrogens is 291 g/mol. The van der Waals surface area contributed by atoms with Gasteiger partial charge in [-0.2, -0.15) is 13.2 Å². The van der Waals surface area contributed by atoms with Crippen LogP contribution in [0.5, 0.6) is 0 Å². The number of imidazole rings is 1. The van der Waals surface area contributed by atoms with Gasteiger partial charge in [0.2, 0.25) is 0 Å². The maximum Gasteiger partial charge on any atom is 0.416 e. The Morgan fingerprint density at radius 1 is 1.32 bits per heavy atom. The van der Waals surface area contributed by atoms with Crippen molar-refractivity contribution in [3.8, 4) is 0 Å². The Morgan fingerprint density at radius 3 is 2.82 bits per heavy atom. The van der Waals surface area contributed by atoms with E-state index >= 15 is 0 Å². The van der Waals surface area contributed by atoms with Crippen LogP contribution >= 0.6 is 0 Å². The van der Waals surface area contributed by atoms with Crippen LogP contribution in [0.2, 0.25) is 0 Å². The summed E-state index contributed by atoms with van der Waals surface area (Å²) in [6, 6.07) is 5.71. The summed E-state index contributed by atoms with van der Waals surface area (Å²) in [5, 5.41) is 0. The Bertz CT molecular complexity index is 648. The molecule has 118 valence electrons. The third-order valence-corrected chi connectivity index (χ3v) is 4.24. The molecule has 1 aliphatic rings. The van der Waals surface area contributed by atoms with Crippen molar-refractivity contribution in [3.05, 3.63) is 53.6 Å². The van der Waals surface area contributed by atoms with Crippen LogP contribution in [0.3, 0.4) is 0 Å². The largest absolute Gasteiger partial charge is 0.416 e. The van der Waals surface area contributed by atoms with Crippen molar-refractivity contribution in [2.24, 2.45) is 7.05 Å². The van der Waals surface area contributed by atoms with E-state index in [1.807, 2.05) is 17.8 Å². The van der Waals surface area contributed by atoms with Crippen molar-refractivity contribution < 1.29 is 13.2 Å². The summed E-state index contributed by atoms with van der Waals surface area (Å²) in [5.41, 5.74) is 0.213. The average molecular weight is 309 g/mol. The lowest BCUT2D eigenvalue weighted by Crippen LogP contribution is -2.21. The highest BCUT2D eigenvalue weighted by atomic mass is 19.4. The van der Waals surface area contributed by atoms with E-state index in [1.54, 1.807) is 12.3 Å². The van der Waals surface area contributed by atoms with Gasteiger partial charge in [0.15, 0.2) is 0 Å². The molecule has 3 nitrogen and oxygen atoms in total. The fourth-order valence-corrected chi connectivity index (χ4v) is 2.97. The molecule has 0 N–H and O–H groups in total. The van der Waals surface area contributed by atoms with Crippen LogP contribution in [0.15, 0.2) is 36.7 Å². The number of nitrogens with zero attached hydrogens (tertiary/aromatic N) is 3. The van der Waals surface area contributed by atoms with Gasteiger partial charge in [0.1, 0.15) is 5.82 Å². The number of aryl methyl sites for hydroxylation is 1. The van der Waals surface area contributed by atoms with Gasteiger partial charge in [-0.3, -0.25) is 4.90 Å². The molecule has 0 bridgehead atoms. The van der Waals surface area contributed by atoms with E-state index in [1.165, 1.54) is 12.1 Å². The van der Waals surface area contributed by atoms with Crippen molar-refractivity contribution in [2.45, 2.75) is 25.1 Å². The van der Waals surface area contributed by atoms with E-state index in [-0.39, 0.29) is 5.92 Å². The Hall–Kier alpha value is -1.82. The average Bonchev–Trinajstić information content (AvgIpc) is 3.09. The van der Waals surface area contributed by atoms with Crippen molar-refractivity contribution in [1.82, 2.24) is 14.5 Å². The van der Waals surface area contributed by atoms with Gasteiger partial charge in [0.05, 0.1) is 12.1 Å². The van der Waals surface area contributed by atoms with E-state index in [2.05, 4.69) is 9.88 Å². The van der Waals surface area contributed by atoms with Gasteiger partial charge in [-0.25, -0.2) is 4.98 Å². The normalized spacial score (nSPS) is 19.7. The summed E-state index contributed by atoms with van der Waals surface area (Å²) in [6.07, 6.45) is 0.262. The zero-order chi connectivity index (χ0) is 15.7. The minimum Gasteiger partial charge on any atom is -0.337 e. The zero-order valence-electron chi connectivity index (χ0n) is 12.3. The molecule has 0 saturated carbocycles. The van der Waals surface area contributed by atoms with Crippen molar-refractivity contribution in [3.63, 3.8) is 0 Å². The minimum atomic E-state index is -4.28. The number of halogens is 3. The van der Waals surface area contributed by atoms with Gasteiger partial charge < -0.3 is 4.57 Å². The Morgan fingerprint density at radius 2 is 2.14 bits per heavy atom. The maximum absolute atomic E-state index is 12.8. The zero-order valence-corrected chi connectivity index (χ0v) is 12.3. The lowest BCUT2D eigenvalue weighted by molar-refractivity contribution is -0.137. The molecule has 0 aliphatic carbocycles. The number of alkyl halides is 3. The summed E-state index contributed by atoms with van der Waals surface area (Å²) in [7, 11) is 1.95. The second-order valence-corrected chi connectivity index (χ2v) is 5.80.